The summed E-state index contributed by atoms with van der Waals surface area (Å²) in [6.45, 7) is 15.0. The molecule has 0 aromatic rings. The summed E-state index contributed by atoms with van der Waals surface area (Å²) in [6, 6.07) is 0. The second-order valence-corrected chi connectivity index (χ2v) is 10.1. The minimum atomic E-state index is 1.33. The molecule has 2 nitrogen and oxygen atoms in total. The molecule has 0 aliphatic rings. The molecule has 0 spiro atoms. The Balaban J connectivity index is 0. The molecule has 0 saturated carbocycles. The van der Waals surface area contributed by atoms with E-state index in [2.05, 4.69) is 39.9 Å². The lowest BCUT2D eigenvalue weighted by molar-refractivity contribution is -0.925. The Kier molecular flexibility index (Phi) is 30.5. The highest BCUT2D eigenvalue weighted by molar-refractivity contribution is 7.78. The van der Waals surface area contributed by atoms with E-state index in [0.717, 1.165) is 0 Å². The van der Waals surface area contributed by atoms with E-state index >= 15 is 0 Å². The summed E-state index contributed by atoms with van der Waals surface area (Å²) < 4.78 is 1.38. The minimum Gasteiger partial charge on any atom is -0.753 e. The normalized spacial score (nSPS) is 11.1. The number of quaternary nitrogens is 1. The fourth-order valence-electron chi connectivity index (χ4n) is 4.84. The van der Waals surface area contributed by atoms with E-state index in [0.29, 0.717) is 0 Å². The number of nitrogens with zero attached hydrogens (tertiary/aromatic N) is 2. The zero-order valence-corrected chi connectivity index (χ0v) is 23.6. The minimum absolute atomic E-state index is 1.33. The maximum Gasteiger partial charge on any atom is 0.0786 e. The first-order chi connectivity index (χ1) is 15.7. The van der Waals surface area contributed by atoms with Gasteiger partial charge in [-0.1, -0.05) is 129 Å². The van der Waals surface area contributed by atoms with Crippen LogP contribution in [-0.4, -0.2) is 35.8 Å². The smallest absolute Gasteiger partial charge is 0.0786 e. The predicted molar refractivity (Wildman–Crippen MR) is 151 cm³/mol. The number of isothiocyanates is 1. The third-order valence-electron chi connectivity index (χ3n) is 7.31. The molecular weight excluding hydrogens is 408 g/mol. The van der Waals surface area contributed by atoms with Gasteiger partial charge >= 0.3 is 0 Å². The van der Waals surface area contributed by atoms with Crippen LogP contribution in [-0.2, 0) is 0 Å². The van der Waals surface area contributed by atoms with E-state index in [1.54, 1.807) is 0 Å². The molecule has 0 aromatic heterocycles. The molecule has 0 fully saturated rings. The van der Waals surface area contributed by atoms with Crippen LogP contribution < -0.4 is 0 Å². The Morgan fingerprint density at radius 2 is 0.688 bits per heavy atom. The second-order valence-electron chi connectivity index (χ2n) is 9.88. The van der Waals surface area contributed by atoms with E-state index < -0.39 is 0 Å². The van der Waals surface area contributed by atoms with Gasteiger partial charge in [0.1, 0.15) is 0 Å². The van der Waals surface area contributed by atoms with Gasteiger partial charge in [0, 0.05) is 0 Å². The quantitative estimate of drug-likeness (QED) is 0.0597. The fraction of sp³-hybridized carbons (Fsp3) is 0.966. The highest BCUT2D eigenvalue weighted by atomic mass is 32.1. The van der Waals surface area contributed by atoms with Crippen LogP contribution in [0.15, 0.2) is 0 Å². The van der Waals surface area contributed by atoms with Gasteiger partial charge in [-0.05, 0) is 39.5 Å². The summed E-state index contributed by atoms with van der Waals surface area (Å²) in [7, 11) is 0. The lowest BCUT2D eigenvalue weighted by atomic mass is 10.1. The highest BCUT2D eigenvalue weighted by Gasteiger charge is 2.21. The van der Waals surface area contributed by atoms with Crippen LogP contribution in [0.1, 0.15) is 156 Å². The topological polar surface area (TPSA) is 22.3 Å². The summed E-state index contributed by atoms with van der Waals surface area (Å²) in [5.41, 5.74) is 0. The molecule has 0 amide bonds. The van der Waals surface area contributed by atoms with Crippen molar-refractivity contribution in [3.8, 4) is 0 Å². The van der Waals surface area contributed by atoms with Crippen LogP contribution >= 0.6 is 12.2 Å². The molecular formula is C29H60N2S. The molecule has 0 heterocycles. The zero-order chi connectivity index (χ0) is 24.2. The van der Waals surface area contributed by atoms with Gasteiger partial charge in [0.25, 0.3) is 0 Å². The third-order valence-corrected chi connectivity index (χ3v) is 7.31. The molecule has 32 heavy (non-hydrogen) atoms. The summed E-state index contributed by atoms with van der Waals surface area (Å²) in [4.78, 5) is 0. The molecule has 0 aromatic carbocycles. The van der Waals surface area contributed by atoms with Gasteiger partial charge < -0.3 is 9.89 Å². The Labute approximate surface area is 209 Å². The molecule has 0 bridgehead atoms. The number of hydrogen-bond donors (Lipinski definition) is 0. The molecule has 0 N–H and O–H groups in total. The van der Waals surface area contributed by atoms with Crippen molar-refractivity contribution < 1.29 is 4.48 Å². The van der Waals surface area contributed by atoms with E-state index in [4.69, 9.17) is 5.41 Å². The van der Waals surface area contributed by atoms with Crippen molar-refractivity contribution in [2.45, 2.75) is 156 Å². The molecule has 0 unspecified atom stereocenters. The Bertz CT molecular complexity index is 347. The van der Waals surface area contributed by atoms with Gasteiger partial charge in [0.2, 0.25) is 0 Å². The van der Waals surface area contributed by atoms with Crippen molar-refractivity contribution in [2.75, 3.05) is 26.2 Å². The summed E-state index contributed by atoms with van der Waals surface area (Å²) in [5, 5.41) is 8.47. The summed E-state index contributed by atoms with van der Waals surface area (Å²) in [5.74, 6) is 0. The molecule has 0 rings (SSSR count). The first kappa shape index (κ1) is 33.9. The molecule has 0 atom stereocenters. The number of hydrogen-bond acceptors (Lipinski definition) is 1. The van der Waals surface area contributed by atoms with Crippen molar-refractivity contribution in [3.63, 3.8) is 0 Å². The Morgan fingerprint density at radius 1 is 0.469 bits per heavy atom. The van der Waals surface area contributed by atoms with Crippen LogP contribution in [0.4, 0.5) is 0 Å². The monoisotopic (exact) mass is 468 g/mol. The van der Waals surface area contributed by atoms with Crippen LogP contribution in [0.5, 0.6) is 0 Å². The van der Waals surface area contributed by atoms with Crippen LogP contribution in [0.2, 0.25) is 0 Å². The lowest BCUT2D eigenvalue weighted by Gasteiger charge is -2.37. The molecule has 0 radical (unpaired) electrons. The van der Waals surface area contributed by atoms with Gasteiger partial charge in [0.15, 0.2) is 0 Å². The standard InChI is InChI=1S/C28H60N.CNS/c1-5-9-11-13-15-17-19-21-23-25-27-29(7-3,8-4)28-26-24-22-20-18-16-14-12-10-6-2;2-1-3/h5-28H2,1-4H3;/q+1;-1. The Morgan fingerprint density at radius 3 is 0.906 bits per heavy atom. The Hall–Kier alpha value is -0.240. The average molecular weight is 469 g/mol. The van der Waals surface area contributed by atoms with E-state index in [1.807, 2.05) is 0 Å². The van der Waals surface area contributed by atoms with Gasteiger partial charge in [-0.15, -0.1) is 0 Å². The molecule has 3 heteroatoms. The molecule has 192 valence electrons. The van der Waals surface area contributed by atoms with Crippen molar-refractivity contribution in [1.29, 1.82) is 0 Å². The maximum absolute atomic E-state index is 7.13. The summed E-state index contributed by atoms with van der Waals surface area (Å²) in [6.07, 6.45) is 29.1. The van der Waals surface area contributed by atoms with E-state index in [-0.39, 0.29) is 0 Å². The zero-order valence-electron chi connectivity index (χ0n) is 22.8. The second kappa shape index (κ2) is 28.8. The first-order valence-corrected chi connectivity index (χ1v) is 14.9. The fourth-order valence-corrected chi connectivity index (χ4v) is 4.84. The largest absolute Gasteiger partial charge is 0.753 e. The SMILES string of the molecule is CCCCCCCCCCCC[N+](CC)(CC)CCCCCCCCCCCC.[N-]=C=S. The van der Waals surface area contributed by atoms with Crippen molar-refractivity contribution >= 4 is 17.4 Å². The third kappa shape index (κ3) is 24.4. The van der Waals surface area contributed by atoms with Crippen LogP contribution in [0, 0.1) is 0 Å². The van der Waals surface area contributed by atoms with Gasteiger partial charge in [0.05, 0.1) is 26.2 Å². The number of rotatable bonds is 24. The summed E-state index contributed by atoms with van der Waals surface area (Å²) >= 11 is 3.70. The van der Waals surface area contributed by atoms with Crippen molar-refractivity contribution in [3.05, 3.63) is 5.41 Å². The highest BCUT2D eigenvalue weighted by Crippen LogP contribution is 2.16. The van der Waals surface area contributed by atoms with Gasteiger partial charge in [-0.2, -0.15) is 5.16 Å². The van der Waals surface area contributed by atoms with Gasteiger partial charge in [-0.3, -0.25) is 0 Å². The van der Waals surface area contributed by atoms with Crippen LogP contribution in [0.25, 0.3) is 5.41 Å². The maximum atomic E-state index is 7.13. The predicted octanol–water partition coefficient (Wildman–Crippen LogP) is 10.3. The average Bonchev–Trinajstić information content (AvgIpc) is 2.81. The first-order valence-electron chi connectivity index (χ1n) is 14.5. The molecule has 0 aliphatic heterocycles. The van der Waals surface area contributed by atoms with Crippen molar-refractivity contribution in [2.24, 2.45) is 0 Å². The number of thiocarbonyl (C=S) groups is 1. The van der Waals surface area contributed by atoms with E-state index in [9.17, 15) is 0 Å². The number of unbranched alkanes of at least 4 members (excludes halogenated alkanes) is 18. The van der Waals surface area contributed by atoms with Crippen LogP contribution in [0.3, 0.4) is 0 Å². The van der Waals surface area contributed by atoms with E-state index in [1.165, 1.54) is 164 Å². The van der Waals surface area contributed by atoms with Gasteiger partial charge in [-0.25, -0.2) is 0 Å². The molecule has 0 aliphatic carbocycles. The lowest BCUT2D eigenvalue weighted by Crippen LogP contribution is -2.49. The molecule has 0 saturated heterocycles. The van der Waals surface area contributed by atoms with Crippen molar-refractivity contribution in [1.82, 2.24) is 0 Å².